The average Bonchev–Trinajstić information content (AvgIpc) is 3.24. The third-order valence-corrected chi connectivity index (χ3v) is 6.09. The molecule has 3 amide bonds. The minimum Gasteiger partial charge on any atom is -0.459 e. The summed E-state index contributed by atoms with van der Waals surface area (Å²) < 4.78 is 10.5. The molecule has 2 aromatic rings. The molecule has 1 saturated heterocycles. The first-order valence-electron chi connectivity index (χ1n) is 10.5. The number of anilines is 1. The summed E-state index contributed by atoms with van der Waals surface area (Å²) in [7, 11) is 0. The first kappa shape index (κ1) is 23.0. The summed E-state index contributed by atoms with van der Waals surface area (Å²) in [6.07, 6.45) is -0.355. The molecule has 1 aromatic carbocycles. The molecule has 1 unspecified atom stereocenters. The maximum absolute atomic E-state index is 13.7. The topological polar surface area (TPSA) is 110 Å². The predicted molar refractivity (Wildman–Crippen MR) is 117 cm³/mol. The number of esters is 1. The molecule has 9 nitrogen and oxygen atoms in total. The van der Waals surface area contributed by atoms with Gasteiger partial charge in [0.15, 0.2) is 5.41 Å². The van der Waals surface area contributed by atoms with Crippen LogP contribution in [0.15, 0.2) is 22.7 Å². The Balaban J connectivity index is 1.73. The summed E-state index contributed by atoms with van der Waals surface area (Å²) in [5.74, 6) is -1.95. The number of benzene rings is 1. The Morgan fingerprint density at radius 1 is 1.18 bits per heavy atom. The van der Waals surface area contributed by atoms with E-state index in [1.165, 1.54) is 11.0 Å². The van der Waals surface area contributed by atoms with E-state index in [4.69, 9.17) is 20.9 Å². The van der Waals surface area contributed by atoms with Gasteiger partial charge in [0.05, 0.1) is 18.7 Å². The Morgan fingerprint density at radius 2 is 1.85 bits per heavy atom. The predicted octanol–water partition coefficient (Wildman–Crippen LogP) is 2.83. The molecule has 0 aliphatic carbocycles. The van der Waals surface area contributed by atoms with Crippen LogP contribution in [0.3, 0.4) is 0 Å². The fourth-order valence-corrected chi connectivity index (χ4v) is 4.54. The highest BCUT2D eigenvalue weighted by Gasteiger charge is 2.64. The molecule has 10 heteroatoms. The molecule has 4 rings (SSSR count). The van der Waals surface area contributed by atoms with Crippen LogP contribution in [0.2, 0.25) is 5.02 Å². The van der Waals surface area contributed by atoms with Gasteiger partial charge < -0.3 is 9.26 Å². The van der Waals surface area contributed by atoms with Crippen LogP contribution >= 0.6 is 11.6 Å². The number of carbonyl (C=O) groups is 4. The van der Waals surface area contributed by atoms with Gasteiger partial charge in [-0.05, 0) is 52.8 Å². The second-order valence-corrected chi connectivity index (χ2v) is 9.75. The molecule has 1 atom stereocenters. The van der Waals surface area contributed by atoms with Crippen LogP contribution in [-0.2, 0) is 35.9 Å². The maximum atomic E-state index is 13.7. The van der Waals surface area contributed by atoms with E-state index in [2.05, 4.69) is 5.16 Å². The average molecular weight is 474 g/mol. The first-order chi connectivity index (χ1) is 15.3. The van der Waals surface area contributed by atoms with E-state index in [9.17, 15) is 19.2 Å². The van der Waals surface area contributed by atoms with Crippen LogP contribution < -0.4 is 4.90 Å². The number of fused-ring (bicyclic) bond motifs is 2. The van der Waals surface area contributed by atoms with Crippen LogP contribution in [0.25, 0.3) is 0 Å². The summed E-state index contributed by atoms with van der Waals surface area (Å²) in [5, 5.41) is 4.18. The Hall–Kier alpha value is -3.20. The smallest absolute Gasteiger partial charge is 0.326 e. The lowest BCUT2D eigenvalue weighted by Crippen LogP contribution is -2.48. The van der Waals surface area contributed by atoms with Crippen molar-refractivity contribution in [3.8, 4) is 0 Å². The van der Waals surface area contributed by atoms with E-state index >= 15 is 0 Å². The zero-order chi connectivity index (χ0) is 24.3. The van der Waals surface area contributed by atoms with Crippen molar-refractivity contribution < 1.29 is 28.4 Å². The summed E-state index contributed by atoms with van der Waals surface area (Å²) in [4.78, 5) is 55.1. The molecule has 0 N–H and O–H groups in total. The quantitative estimate of drug-likeness (QED) is 0.381. The number of aryl methyl sites for hydroxylation is 2. The highest BCUT2D eigenvalue weighted by Crippen LogP contribution is 2.49. The second kappa shape index (κ2) is 7.69. The van der Waals surface area contributed by atoms with Crippen molar-refractivity contribution in [3.63, 3.8) is 0 Å². The Bertz CT molecular complexity index is 1180. The van der Waals surface area contributed by atoms with Crippen molar-refractivity contribution in [1.82, 2.24) is 10.1 Å². The largest absolute Gasteiger partial charge is 0.459 e. The summed E-state index contributed by atoms with van der Waals surface area (Å²) >= 11 is 6.20. The van der Waals surface area contributed by atoms with E-state index in [1.807, 2.05) is 0 Å². The molecule has 1 spiro atoms. The summed E-state index contributed by atoms with van der Waals surface area (Å²) in [5.41, 5.74) is -0.695. The zero-order valence-corrected chi connectivity index (χ0v) is 19.8. The van der Waals surface area contributed by atoms with Crippen molar-refractivity contribution in [3.05, 3.63) is 45.8 Å². The molecule has 3 heterocycles. The molecule has 0 radical (unpaired) electrons. The number of aromatic nitrogens is 1. The number of amides is 3. The van der Waals surface area contributed by atoms with Crippen molar-refractivity contribution in [2.24, 2.45) is 0 Å². The molecule has 174 valence electrons. The Morgan fingerprint density at radius 3 is 2.45 bits per heavy atom. The van der Waals surface area contributed by atoms with Gasteiger partial charge in [-0.15, -0.1) is 0 Å². The molecule has 33 heavy (non-hydrogen) atoms. The van der Waals surface area contributed by atoms with E-state index in [0.717, 1.165) is 4.90 Å². The number of hydrogen-bond donors (Lipinski definition) is 0. The van der Waals surface area contributed by atoms with Gasteiger partial charge in [-0.1, -0.05) is 16.8 Å². The van der Waals surface area contributed by atoms with Gasteiger partial charge in [0.25, 0.3) is 0 Å². The molecule has 2 aliphatic rings. The van der Waals surface area contributed by atoms with Crippen LogP contribution in [-0.4, -0.2) is 45.9 Å². The standard InChI is InChI=1S/C23H24ClN3O6/c1-12-15(13(2)33-25-12)10-27-18(28)9-23(21(27)31)16-8-14(24)6-7-17(16)26(20(23)30)11-19(29)32-22(3,4)5/h6-8H,9-11H2,1-5H3. The molecule has 0 bridgehead atoms. The van der Waals surface area contributed by atoms with E-state index in [-0.39, 0.29) is 13.0 Å². The molecular formula is C23H24ClN3O6. The number of likely N-dealkylation sites (tertiary alicyclic amines) is 1. The number of ether oxygens (including phenoxy) is 1. The zero-order valence-electron chi connectivity index (χ0n) is 19.0. The highest BCUT2D eigenvalue weighted by molar-refractivity contribution is 6.32. The van der Waals surface area contributed by atoms with Crippen LogP contribution in [0, 0.1) is 13.8 Å². The maximum Gasteiger partial charge on any atom is 0.326 e. The summed E-state index contributed by atoms with van der Waals surface area (Å²) in [6, 6.07) is 4.65. The van der Waals surface area contributed by atoms with E-state index in [1.54, 1.807) is 46.8 Å². The van der Waals surface area contributed by atoms with Crippen molar-refractivity contribution in [2.75, 3.05) is 11.4 Å². The lowest BCUT2D eigenvalue weighted by Gasteiger charge is -2.24. The van der Waals surface area contributed by atoms with Crippen LogP contribution in [0.4, 0.5) is 5.69 Å². The van der Waals surface area contributed by atoms with E-state index < -0.39 is 41.3 Å². The van der Waals surface area contributed by atoms with Crippen LogP contribution in [0.1, 0.15) is 49.8 Å². The van der Waals surface area contributed by atoms with Gasteiger partial charge in [0.1, 0.15) is 17.9 Å². The lowest BCUT2D eigenvalue weighted by atomic mass is 9.80. The Kier molecular flexibility index (Phi) is 5.35. The number of halogens is 1. The minimum absolute atomic E-state index is 0.0597. The monoisotopic (exact) mass is 473 g/mol. The molecule has 2 aliphatic heterocycles. The van der Waals surface area contributed by atoms with Gasteiger partial charge >= 0.3 is 5.97 Å². The van der Waals surface area contributed by atoms with Gasteiger partial charge in [0.2, 0.25) is 17.7 Å². The summed E-state index contributed by atoms with van der Waals surface area (Å²) in [6.45, 7) is 8.11. The van der Waals surface area contributed by atoms with Crippen molar-refractivity contribution in [2.45, 2.75) is 58.6 Å². The lowest BCUT2D eigenvalue weighted by molar-refractivity contribution is -0.154. The molecular weight excluding hydrogens is 450 g/mol. The van der Waals surface area contributed by atoms with Crippen molar-refractivity contribution in [1.29, 1.82) is 0 Å². The van der Waals surface area contributed by atoms with Gasteiger partial charge in [-0.2, -0.15) is 0 Å². The first-order valence-corrected chi connectivity index (χ1v) is 10.8. The third kappa shape index (κ3) is 3.70. The number of nitrogens with zero attached hydrogens (tertiary/aromatic N) is 3. The number of rotatable bonds is 4. The van der Waals surface area contributed by atoms with Gasteiger partial charge in [0, 0.05) is 21.8 Å². The van der Waals surface area contributed by atoms with Gasteiger partial charge in [-0.3, -0.25) is 29.0 Å². The number of carbonyl (C=O) groups excluding carboxylic acids is 4. The second-order valence-electron chi connectivity index (χ2n) is 9.31. The van der Waals surface area contributed by atoms with E-state index in [0.29, 0.717) is 33.3 Å². The minimum atomic E-state index is -1.78. The van der Waals surface area contributed by atoms with Gasteiger partial charge in [-0.25, -0.2) is 0 Å². The number of imide groups is 1. The normalized spacial score (nSPS) is 20.2. The highest BCUT2D eigenvalue weighted by atomic mass is 35.5. The number of hydrogen-bond acceptors (Lipinski definition) is 7. The molecule has 1 aromatic heterocycles. The fraction of sp³-hybridized carbons (Fsp3) is 0.435. The fourth-order valence-electron chi connectivity index (χ4n) is 4.37. The SMILES string of the molecule is Cc1noc(C)c1CN1C(=O)CC2(C1=O)C(=O)N(CC(=O)OC(C)(C)C)c1ccc(Cl)cc12. The van der Waals surface area contributed by atoms with Crippen LogP contribution in [0.5, 0.6) is 0 Å². The molecule has 0 saturated carbocycles. The third-order valence-electron chi connectivity index (χ3n) is 5.85. The molecule has 1 fully saturated rings. The Labute approximate surface area is 195 Å². The van der Waals surface area contributed by atoms with Crippen molar-refractivity contribution >= 4 is 41.0 Å².